The maximum absolute atomic E-state index is 13.7. The van der Waals surface area contributed by atoms with Crippen LogP contribution in [-0.4, -0.2) is 77.9 Å². The summed E-state index contributed by atoms with van der Waals surface area (Å²) in [6, 6.07) is 13.3. The molecule has 5 heterocycles. The van der Waals surface area contributed by atoms with E-state index in [1.165, 1.54) is 28.7 Å². The van der Waals surface area contributed by atoms with Gasteiger partial charge in [-0.2, -0.15) is 4.39 Å². The molecule has 1 aromatic carbocycles. The quantitative estimate of drug-likeness (QED) is 0.190. The Hall–Kier alpha value is -5.99. The van der Waals surface area contributed by atoms with Gasteiger partial charge in [-0.05, 0) is 55.2 Å². The van der Waals surface area contributed by atoms with Crippen molar-refractivity contribution in [2.24, 2.45) is 0 Å². The first kappa shape index (κ1) is 33.9. The van der Waals surface area contributed by atoms with E-state index in [0.29, 0.717) is 42.9 Å². The van der Waals surface area contributed by atoms with Gasteiger partial charge >= 0.3 is 5.69 Å². The molecule has 6 rings (SSSR count). The van der Waals surface area contributed by atoms with Gasteiger partial charge in [0.15, 0.2) is 5.65 Å². The van der Waals surface area contributed by atoms with Crippen molar-refractivity contribution in [1.82, 2.24) is 39.3 Å². The number of carbonyl (C=O) groups is 3. The van der Waals surface area contributed by atoms with Crippen molar-refractivity contribution in [3.05, 3.63) is 104 Å². The van der Waals surface area contributed by atoms with Crippen LogP contribution in [0.15, 0.2) is 70.5 Å². The van der Waals surface area contributed by atoms with Gasteiger partial charge in [0.2, 0.25) is 11.9 Å². The third kappa shape index (κ3) is 6.92. The molecule has 5 aromatic rings. The largest absolute Gasteiger partial charge is 0.355 e. The second kappa shape index (κ2) is 14.6. The summed E-state index contributed by atoms with van der Waals surface area (Å²) in [5.41, 5.74) is 1.60. The fourth-order valence-corrected chi connectivity index (χ4v) is 6.04. The van der Waals surface area contributed by atoms with Crippen molar-refractivity contribution in [2.45, 2.75) is 46.2 Å². The van der Waals surface area contributed by atoms with E-state index in [2.05, 4.69) is 25.3 Å². The van der Waals surface area contributed by atoms with E-state index in [1.807, 2.05) is 31.2 Å². The zero-order chi connectivity index (χ0) is 35.4. The Labute approximate surface area is 285 Å². The van der Waals surface area contributed by atoms with Crippen LogP contribution in [-0.2, 0) is 24.3 Å². The normalized spacial score (nSPS) is 12.6. The first-order valence-corrected chi connectivity index (χ1v) is 16.4. The van der Waals surface area contributed by atoms with Crippen LogP contribution in [0.3, 0.4) is 0 Å². The number of H-pyrrole nitrogens is 1. The number of hydrogen-bond donors (Lipinski definition) is 2. The second-order valence-electron chi connectivity index (χ2n) is 11.9. The maximum Gasteiger partial charge on any atom is 0.332 e. The van der Waals surface area contributed by atoms with Gasteiger partial charge in [0, 0.05) is 69.7 Å². The van der Waals surface area contributed by atoms with Crippen LogP contribution in [0.5, 0.6) is 0 Å². The summed E-state index contributed by atoms with van der Waals surface area (Å²) >= 11 is 0. The van der Waals surface area contributed by atoms with Crippen molar-refractivity contribution in [3.63, 3.8) is 0 Å². The Kier molecular flexibility index (Phi) is 9.92. The van der Waals surface area contributed by atoms with Crippen molar-refractivity contribution in [1.29, 1.82) is 0 Å². The lowest BCUT2D eigenvalue weighted by atomic mass is 9.99. The second-order valence-corrected chi connectivity index (χ2v) is 11.9. The number of rotatable bonds is 12. The number of benzene rings is 1. The number of imidazole rings is 1. The van der Waals surface area contributed by atoms with Crippen LogP contribution in [0.25, 0.3) is 22.6 Å². The summed E-state index contributed by atoms with van der Waals surface area (Å²) < 4.78 is 16.1. The van der Waals surface area contributed by atoms with E-state index < -0.39 is 23.1 Å². The Morgan fingerprint density at radius 3 is 2.52 bits per heavy atom. The first-order valence-electron chi connectivity index (χ1n) is 16.4. The fourth-order valence-electron chi connectivity index (χ4n) is 6.04. The summed E-state index contributed by atoms with van der Waals surface area (Å²) in [6.07, 6.45) is 4.40. The SMILES string of the molecule is CCCn1c(=O)c2[nH]c(-c3ccc(N(CCCN4CCc5ccccc5C4=O)C(=O)c4ccc(F)nc4)nc3)nc2n(CCNC(C)=O)c1=O. The van der Waals surface area contributed by atoms with Gasteiger partial charge in [-0.3, -0.25) is 33.2 Å². The molecule has 1 aliphatic rings. The summed E-state index contributed by atoms with van der Waals surface area (Å²) in [7, 11) is 0. The summed E-state index contributed by atoms with van der Waals surface area (Å²) in [4.78, 5) is 83.8. The number of hydrogen-bond acceptors (Lipinski definition) is 8. The zero-order valence-corrected chi connectivity index (χ0v) is 27.7. The molecule has 2 N–H and O–H groups in total. The summed E-state index contributed by atoms with van der Waals surface area (Å²) in [5, 5.41) is 2.66. The van der Waals surface area contributed by atoms with Gasteiger partial charge in [0.1, 0.15) is 17.2 Å². The van der Waals surface area contributed by atoms with Crippen LogP contribution in [0, 0.1) is 5.95 Å². The first-order chi connectivity index (χ1) is 24.2. The van der Waals surface area contributed by atoms with E-state index in [9.17, 15) is 28.4 Å². The van der Waals surface area contributed by atoms with E-state index >= 15 is 0 Å². The number of anilines is 1. The average molecular weight is 682 g/mol. The smallest absolute Gasteiger partial charge is 0.332 e. The highest BCUT2D eigenvalue weighted by Gasteiger charge is 2.25. The molecular weight excluding hydrogens is 645 g/mol. The summed E-state index contributed by atoms with van der Waals surface area (Å²) in [5.74, 6) is -0.889. The predicted molar refractivity (Wildman–Crippen MR) is 183 cm³/mol. The molecule has 1 aliphatic heterocycles. The van der Waals surface area contributed by atoms with Gasteiger partial charge in [0.05, 0.1) is 5.56 Å². The number of carbonyl (C=O) groups excluding carboxylic acids is 3. The Morgan fingerprint density at radius 1 is 0.980 bits per heavy atom. The van der Waals surface area contributed by atoms with E-state index in [4.69, 9.17) is 0 Å². The third-order valence-corrected chi connectivity index (χ3v) is 8.53. The molecular formula is C35H36FN9O5. The highest BCUT2D eigenvalue weighted by molar-refractivity contribution is 6.05. The molecule has 0 fully saturated rings. The fraction of sp³-hybridized carbons (Fsp3) is 0.314. The minimum Gasteiger partial charge on any atom is -0.355 e. The topological polar surface area (TPSA) is 168 Å². The Morgan fingerprint density at radius 2 is 1.80 bits per heavy atom. The molecule has 0 unspecified atom stereocenters. The molecule has 0 saturated carbocycles. The Balaban J connectivity index is 1.27. The van der Waals surface area contributed by atoms with Crippen LogP contribution in [0.2, 0.25) is 0 Å². The zero-order valence-electron chi connectivity index (χ0n) is 27.7. The molecule has 0 spiro atoms. The minimum atomic E-state index is -0.715. The van der Waals surface area contributed by atoms with Crippen LogP contribution in [0.4, 0.5) is 10.2 Å². The number of nitrogens with zero attached hydrogens (tertiary/aromatic N) is 7. The molecule has 15 heteroatoms. The molecule has 0 radical (unpaired) electrons. The monoisotopic (exact) mass is 681 g/mol. The van der Waals surface area contributed by atoms with Gasteiger partial charge in [-0.15, -0.1) is 0 Å². The Bertz CT molecular complexity index is 2170. The summed E-state index contributed by atoms with van der Waals surface area (Å²) in [6.45, 7) is 4.90. The highest BCUT2D eigenvalue weighted by Crippen LogP contribution is 2.23. The van der Waals surface area contributed by atoms with Crippen molar-refractivity contribution < 1.29 is 18.8 Å². The number of fused-ring (bicyclic) bond motifs is 2. The average Bonchev–Trinajstić information content (AvgIpc) is 3.57. The van der Waals surface area contributed by atoms with Gasteiger partial charge < -0.3 is 15.2 Å². The highest BCUT2D eigenvalue weighted by atomic mass is 19.1. The van der Waals surface area contributed by atoms with E-state index in [1.54, 1.807) is 17.0 Å². The molecule has 0 saturated heterocycles. The number of halogens is 1. The number of aromatic nitrogens is 6. The standard InChI is InChI=1S/C35H36FN9O5/c1-3-15-45-34(49)29-31(44(35(45)50)19-14-37-22(2)46)41-30(40-29)24-10-12-28(39-20-24)43(32(47)25-9-11-27(36)38-21-25)17-6-16-42-18-13-23-7-4-5-8-26(23)33(42)48/h4-5,7-12,20-21H,3,6,13-19H2,1-2H3,(H,37,46)(H,40,41). The maximum atomic E-state index is 13.7. The van der Waals surface area contributed by atoms with Crippen LogP contribution >= 0.6 is 0 Å². The lowest BCUT2D eigenvalue weighted by Gasteiger charge is -2.29. The van der Waals surface area contributed by atoms with Crippen molar-refractivity contribution >= 4 is 34.7 Å². The van der Waals surface area contributed by atoms with Crippen molar-refractivity contribution in [3.8, 4) is 11.4 Å². The van der Waals surface area contributed by atoms with Crippen LogP contribution < -0.4 is 21.5 Å². The van der Waals surface area contributed by atoms with E-state index in [-0.39, 0.29) is 60.5 Å². The number of amides is 3. The lowest BCUT2D eigenvalue weighted by Crippen LogP contribution is -2.41. The van der Waals surface area contributed by atoms with Crippen LogP contribution in [0.1, 0.15) is 53.0 Å². The predicted octanol–water partition coefficient (Wildman–Crippen LogP) is 2.76. The lowest BCUT2D eigenvalue weighted by molar-refractivity contribution is -0.119. The minimum absolute atomic E-state index is 0.0530. The molecule has 258 valence electrons. The molecule has 0 aliphatic carbocycles. The molecule has 0 atom stereocenters. The van der Waals surface area contributed by atoms with Gasteiger partial charge in [0.25, 0.3) is 17.4 Å². The van der Waals surface area contributed by atoms with Gasteiger partial charge in [-0.1, -0.05) is 25.1 Å². The molecule has 4 aromatic heterocycles. The molecule has 14 nitrogen and oxygen atoms in total. The number of aromatic amines is 1. The molecule has 0 bridgehead atoms. The number of pyridine rings is 2. The molecule has 50 heavy (non-hydrogen) atoms. The van der Waals surface area contributed by atoms with E-state index in [0.717, 1.165) is 28.8 Å². The molecule has 3 amide bonds. The van der Waals surface area contributed by atoms with Gasteiger partial charge in [-0.25, -0.2) is 19.7 Å². The third-order valence-electron chi connectivity index (χ3n) is 8.53. The van der Waals surface area contributed by atoms with Crippen molar-refractivity contribution in [2.75, 3.05) is 31.1 Å². The number of nitrogens with one attached hydrogen (secondary N) is 2.